The van der Waals surface area contributed by atoms with E-state index in [2.05, 4.69) is 21.4 Å². The normalized spacial score (nSPS) is 14.4. The van der Waals surface area contributed by atoms with Crippen molar-refractivity contribution in [1.29, 1.82) is 0 Å². The van der Waals surface area contributed by atoms with E-state index in [1.54, 1.807) is 6.92 Å². The molecular formula is C24H20F4N4O3. The molecule has 0 spiro atoms. The van der Waals surface area contributed by atoms with Crippen LogP contribution in [0.5, 0.6) is 0 Å². The van der Waals surface area contributed by atoms with Crippen LogP contribution in [0.15, 0.2) is 58.0 Å². The fourth-order valence-electron chi connectivity index (χ4n) is 3.78. The minimum atomic E-state index is -4.48. The summed E-state index contributed by atoms with van der Waals surface area (Å²) in [5, 5.41) is 4.27. The first-order valence-electron chi connectivity index (χ1n) is 10.6. The Bertz CT molecular complexity index is 1310. The number of nitrogens with zero attached hydrogens (tertiary/aromatic N) is 1. The highest BCUT2D eigenvalue weighted by atomic mass is 19.4. The second-order valence-corrected chi connectivity index (χ2v) is 7.84. The number of hydrazine groups is 1. The van der Waals surface area contributed by atoms with Gasteiger partial charge in [-0.3, -0.25) is 25.9 Å². The lowest BCUT2D eigenvalue weighted by Gasteiger charge is -2.14. The summed E-state index contributed by atoms with van der Waals surface area (Å²) in [5.41, 5.74) is 7.70. The largest absolute Gasteiger partial charge is 0.455 e. The number of rotatable bonds is 4. The molecule has 0 aliphatic heterocycles. The van der Waals surface area contributed by atoms with Crippen LogP contribution in [0.1, 0.15) is 56.2 Å². The van der Waals surface area contributed by atoms with Gasteiger partial charge in [0.15, 0.2) is 5.76 Å². The molecule has 35 heavy (non-hydrogen) atoms. The van der Waals surface area contributed by atoms with Gasteiger partial charge in [0.05, 0.1) is 22.5 Å². The Morgan fingerprint density at radius 1 is 1.00 bits per heavy atom. The van der Waals surface area contributed by atoms with Crippen molar-refractivity contribution in [3.8, 4) is 0 Å². The van der Waals surface area contributed by atoms with Crippen molar-refractivity contribution in [3.63, 3.8) is 0 Å². The molecule has 0 saturated heterocycles. The second kappa shape index (κ2) is 9.61. The maximum absolute atomic E-state index is 13.8. The van der Waals surface area contributed by atoms with E-state index in [9.17, 15) is 27.2 Å². The third kappa shape index (κ3) is 5.18. The lowest BCUT2D eigenvalue weighted by Crippen LogP contribution is -2.42. The number of hydrogen-bond donors (Lipinski definition) is 3. The van der Waals surface area contributed by atoms with Gasteiger partial charge in [0.2, 0.25) is 0 Å². The highest BCUT2D eigenvalue weighted by molar-refractivity contribution is 6.07. The van der Waals surface area contributed by atoms with Gasteiger partial charge in [-0.1, -0.05) is 18.2 Å². The van der Waals surface area contributed by atoms with E-state index in [0.717, 1.165) is 18.2 Å². The lowest BCUT2D eigenvalue weighted by molar-refractivity contribution is -0.137. The van der Waals surface area contributed by atoms with E-state index in [4.69, 9.17) is 4.42 Å². The first-order chi connectivity index (χ1) is 16.6. The van der Waals surface area contributed by atoms with Gasteiger partial charge in [0, 0.05) is 17.5 Å². The summed E-state index contributed by atoms with van der Waals surface area (Å²) >= 11 is 0. The van der Waals surface area contributed by atoms with E-state index >= 15 is 0 Å². The molecule has 1 heterocycles. The van der Waals surface area contributed by atoms with Gasteiger partial charge in [-0.15, -0.1) is 0 Å². The van der Waals surface area contributed by atoms with Crippen LogP contribution in [0, 0.1) is 12.7 Å². The Morgan fingerprint density at radius 3 is 2.49 bits per heavy atom. The van der Waals surface area contributed by atoms with Crippen molar-refractivity contribution in [1.82, 2.24) is 10.9 Å². The third-order valence-corrected chi connectivity index (χ3v) is 5.45. The summed E-state index contributed by atoms with van der Waals surface area (Å²) in [6.45, 7) is 1.64. The summed E-state index contributed by atoms with van der Waals surface area (Å²) in [7, 11) is 0. The van der Waals surface area contributed by atoms with Gasteiger partial charge < -0.3 is 4.42 Å². The molecule has 2 aromatic carbocycles. The quantitative estimate of drug-likeness (QED) is 0.357. The number of anilines is 1. The number of benzene rings is 2. The Morgan fingerprint density at radius 2 is 1.74 bits per heavy atom. The third-order valence-electron chi connectivity index (χ3n) is 5.45. The second-order valence-electron chi connectivity index (χ2n) is 7.84. The maximum Gasteiger partial charge on any atom is 0.416 e. The predicted molar refractivity (Wildman–Crippen MR) is 119 cm³/mol. The van der Waals surface area contributed by atoms with Crippen LogP contribution >= 0.6 is 0 Å². The number of hydrazone groups is 1. The molecule has 4 rings (SSSR count). The zero-order valence-corrected chi connectivity index (χ0v) is 18.4. The van der Waals surface area contributed by atoms with Crippen LogP contribution in [-0.2, 0) is 12.6 Å². The topological polar surface area (TPSA) is 95.7 Å². The zero-order chi connectivity index (χ0) is 25.2. The van der Waals surface area contributed by atoms with Crippen LogP contribution in [0.2, 0.25) is 0 Å². The average molecular weight is 488 g/mol. The van der Waals surface area contributed by atoms with Gasteiger partial charge in [-0.25, -0.2) is 4.39 Å². The van der Waals surface area contributed by atoms with E-state index < -0.39 is 29.4 Å². The monoisotopic (exact) mass is 488 g/mol. The SMILES string of the molecule is Cc1c(C(=O)NNC(=O)c2ccccc2F)oc2c1/C(=N/Nc1cccc(C(F)(F)F)c1)CCC2. The Kier molecular flexibility index (Phi) is 6.59. The molecule has 0 atom stereocenters. The van der Waals surface area contributed by atoms with E-state index in [0.29, 0.717) is 41.9 Å². The number of alkyl halides is 3. The number of amides is 2. The van der Waals surface area contributed by atoms with E-state index in [1.807, 2.05) is 0 Å². The number of furan rings is 1. The number of halogens is 4. The van der Waals surface area contributed by atoms with Crippen molar-refractivity contribution >= 4 is 23.2 Å². The average Bonchev–Trinajstić information content (AvgIpc) is 3.18. The molecule has 1 aromatic heterocycles. The number of hydrogen-bond acceptors (Lipinski definition) is 5. The predicted octanol–water partition coefficient (Wildman–Crippen LogP) is 4.97. The number of carbonyl (C=O) groups is 2. The summed E-state index contributed by atoms with van der Waals surface area (Å²) < 4.78 is 58.4. The van der Waals surface area contributed by atoms with Gasteiger partial charge >= 0.3 is 12.1 Å². The molecule has 7 nitrogen and oxygen atoms in total. The van der Waals surface area contributed by atoms with Crippen molar-refractivity contribution in [2.24, 2.45) is 5.10 Å². The van der Waals surface area contributed by atoms with Crippen molar-refractivity contribution in [3.05, 3.63) is 88.1 Å². The number of carbonyl (C=O) groups excluding carboxylic acids is 2. The van der Waals surface area contributed by atoms with Crippen LogP contribution in [-0.4, -0.2) is 17.5 Å². The van der Waals surface area contributed by atoms with Crippen LogP contribution in [0.4, 0.5) is 23.2 Å². The number of aryl methyl sites for hydroxylation is 1. The molecule has 182 valence electrons. The molecule has 0 fully saturated rings. The maximum atomic E-state index is 13.8. The molecule has 11 heteroatoms. The Labute approximate surface area is 197 Å². The minimum Gasteiger partial charge on any atom is -0.455 e. The molecule has 0 bridgehead atoms. The zero-order valence-electron chi connectivity index (χ0n) is 18.4. The van der Waals surface area contributed by atoms with Gasteiger partial charge in [0.1, 0.15) is 11.6 Å². The Hall–Kier alpha value is -4.15. The number of nitrogens with one attached hydrogen (secondary N) is 3. The standard InChI is InChI=1S/C24H20F4N4O3/c1-13-20-18(30-29-15-7-4-6-14(12-15)24(26,27)28)10-5-11-19(20)35-21(13)23(34)32-31-22(33)16-8-2-3-9-17(16)25/h2-4,6-9,12,29H,5,10-11H2,1H3,(H,31,33)(H,32,34)/b30-18+. The van der Waals surface area contributed by atoms with E-state index in [1.165, 1.54) is 30.3 Å². The van der Waals surface area contributed by atoms with Crippen molar-refractivity contribution < 1.29 is 31.6 Å². The summed E-state index contributed by atoms with van der Waals surface area (Å²) in [5.74, 6) is -1.87. The van der Waals surface area contributed by atoms with Crippen LogP contribution in [0.25, 0.3) is 0 Å². The van der Waals surface area contributed by atoms with Crippen LogP contribution < -0.4 is 16.3 Å². The molecule has 1 aliphatic carbocycles. The Balaban J connectivity index is 1.51. The summed E-state index contributed by atoms with van der Waals surface area (Å²) in [6, 6.07) is 9.96. The van der Waals surface area contributed by atoms with Gasteiger partial charge in [-0.05, 0) is 50.1 Å². The molecule has 0 radical (unpaired) electrons. The lowest BCUT2D eigenvalue weighted by atomic mass is 9.93. The molecule has 3 N–H and O–H groups in total. The molecule has 3 aromatic rings. The highest BCUT2D eigenvalue weighted by Gasteiger charge is 2.31. The van der Waals surface area contributed by atoms with Gasteiger partial charge in [0.25, 0.3) is 5.91 Å². The molecular weight excluding hydrogens is 468 g/mol. The highest BCUT2D eigenvalue weighted by Crippen LogP contribution is 2.32. The van der Waals surface area contributed by atoms with E-state index in [-0.39, 0.29) is 17.0 Å². The molecule has 0 unspecified atom stereocenters. The fourth-order valence-corrected chi connectivity index (χ4v) is 3.78. The fraction of sp³-hybridized carbons (Fsp3) is 0.208. The summed E-state index contributed by atoms with van der Waals surface area (Å²) in [6.07, 6.45) is -2.76. The number of fused-ring (bicyclic) bond motifs is 1. The van der Waals surface area contributed by atoms with Gasteiger partial charge in [-0.2, -0.15) is 18.3 Å². The minimum absolute atomic E-state index is 0.0579. The van der Waals surface area contributed by atoms with Crippen molar-refractivity contribution in [2.75, 3.05) is 5.43 Å². The smallest absolute Gasteiger partial charge is 0.416 e. The first-order valence-corrected chi connectivity index (χ1v) is 10.6. The van der Waals surface area contributed by atoms with Crippen molar-refractivity contribution in [2.45, 2.75) is 32.4 Å². The molecule has 1 aliphatic rings. The van der Waals surface area contributed by atoms with Crippen LogP contribution in [0.3, 0.4) is 0 Å². The first kappa shape index (κ1) is 24.0. The molecule has 2 amide bonds. The molecule has 0 saturated carbocycles. The summed E-state index contributed by atoms with van der Waals surface area (Å²) in [4.78, 5) is 24.8.